The molecule has 0 saturated carbocycles. The Morgan fingerprint density at radius 2 is 1.79 bits per heavy atom. The number of amides is 2. The highest BCUT2D eigenvalue weighted by atomic mass is 32.2. The summed E-state index contributed by atoms with van der Waals surface area (Å²) in [7, 11) is -2.28. The van der Waals surface area contributed by atoms with Gasteiger partial charge in [-0.25, -0.2) is 18.4 Å². The molecule has 3 N–H and O–H groups in total. The summed E-state index contributed by atoms with van der Waals surface area (Å²) in [5.74, 6) is -0.137. The van der Waals surface area contributed by atoms with Crippen molar-refractivity contribution >= 4 is 21.7 Å². The molecular formula is C18H21F2N3O4S. The van der Waals surface area contributed by atoms with Gasteiger partial charge in [0.2, 0.25) is 10.0 Å². The maximum atomic E-state index is 12.6. The smallest absolute Gasteiger partial charge is 0.387 e. The first kappa shape index (κ1) is 21.6. The van der Waals surface area contributed by atoms with E-state index in [9.17, 15) is 22.0 Å². The average Bonchev–Trinajstić information content (AvgIpc) is 2.62. The van der Waals surface area contributed by atoms with Crippen LogP contribution < -0.4 is 15.2 Å². The van der Waals surface area contributed by atoms with Crippen molar-refractivity contribution in [3.8, 4) is 5.75 Å². The number of primary sulfonamides is 1. The second kappa shape index (κ2) is 8.53. The molecule has 1 atom stereocenters. The second-order valence-electron chi connectivity index (χ2n) is 6.16. The summed E-state index contributed by atoms with van der Waals surface area (Å²) in [4.78, 5) is 13.9. The number of halogens is 2. The van der Waals surface area contributed by atoms with Crippen LogP contribution in [-0.4, -0.2) is 33.0 Å². The minimum Gasteiger partial charge on any atom is -0.433 e. The highest BCUT2D eigenvalue weighted by Crippen LogP contribution is 2.30. The van der Waals surface area contributed by atoms with Crippen molar-refractivity contribution in [3.05, 3.63) is 53.6 Å². The SMILES string of the molecule is Cc1cccc(OC(F)F)c1NC(=O)N(C)C(C)c1ccc(S(N)(=O)=O)cc1. The minimum atomic E-state index is -3.81. The monoisotopic (exact) mass is 413 g/mol. The normalized spacial score (nSPS) is 12.5. The molecule has 2 amide bonds. The van der Waals surface area contributed by atoms with Gasteiger partial charge < -0.3 is 15.0 Å². The first-order chi connectivity index (χ1) is 13.0. The number of nitrogens with one attached hydrogen (secondary N) is 1. The van der Waals surface area contributed by atoms with Gasteiger partial charge in [-0.05, 0) is 43.2 Å². The molecule has 2 rings (SSSR count). The van der Waals surface area contributed by atoms with E-state index in [0.29, 0.717) is 11.1 Å². The molecule has 0 bridgehead atoms. The molecule has 2 aromatic rings. The number of hydrogen-bond donors (Lipinski definition) is 2. The van der Waals surface area contributed by atoms with Gasteiger partial charge in [0.1, 0.15) is 5.75 Å². The molecule has 0 spiro atoms. The number of alkyl halides is 2. The number of carbonyl (C=O) groups is 1. The van der Waals surface area contributed by atoms with Crippen LogP contribution in [0.4, 0.5) is 19.3 Å². The third kappa shape index (κ3) is 5.17. The van der Waals surface area contributed by atoms with Crippen molar-refractivity contribution in [3.63, 3.8) is 0 Å². The van der Waals surface area contributed by atoms with E-state index in [1.807, 2.05) is 0 Å². The van der Waals surface area contributed by atoms with Crippen molar-refractivity contribution in [2.75, 3.05) is 12.4 Å². The number of hydrogen-bond acceptors (Lipinski definition) is 4. The molecule has 0 aliphatic rings. The summed E-state index contributed by atoms with van der Waals surface area (Å²) in [5, 5.41) is 7.66. The van der Waals surface area contributed by atoms with Crippen LogP contribution in [0, 0.1) is 6.92 Å². The van der Waals surface area contributed by atoms with E-state index in [0.717, 1.165) is 0 Å². The van der Waals surface area contributed by atoms with Crippen LogP contribution in [0.1, 0.15) is 24.1 Å². The van der Waals surface area contributed by atoms with Crippen LogP contribution >= 0.6 is 0 Å². The topological polar surface area (TPSA) is 102 Å². The van der Waals surface area contributed by atoms with Crippen molar-refractivity contribution in [1.29, 1.82) is 0 Å². The number of anilines is 1. The maximum absolute atomic E-state index is 12.6. The highest BCUT2D eigenvalue weighted by Gasteiger charge is 2.21. The van der Waals surface area contributed by atoms with Crippen LogP contribution in [-0.2, 0) is 10.0 Å². The molecule has 10 heteroatoms. The first-order valence-electron chi connectivity index (χ1n) is 8.21. The van der Waals surface area contributed by atoms with Gasteiger partial charge in [0.05, 0.1) is 16.6 Å². The van der Waals surface area contributed by atoms with E-state index in [2.05, 4.69) is 10.1 Å². The molecule has 0 fully saturated rings. The standard InChI is InChI=1S/C18H21F2N3O4S/c1-11-5-4-6-15(27-17(19)20)16(11)22-18(24)23(3)12(2)13-7-9-14(10-8-13)28(21,25)26/h4-10,12,17H,1-3H3,(H,22,24)(H2,21,25,26). The van der Waals surface area contributed by atoms with Gasteiger partial charge in [0.25, 0.3) is 0 Å². The molecule has 0 radical (unpaired) electrons. The Hall–Kier alpha value is -2.72. The summed E-state index contributed by atoms with van der Waals surface area (Å²) in [5.41, 5.74) is 1.38. The molecule has 28 heavy (non-hydrogen) atoms. The zero-order valence-corrected chi connectivity index (χ0v) is 16.3. The van der Waals surface area contributed by atoms with Gasteiger partial charge >= 0.3 is 12.6 Å². The van der Waals surface area contributed by atoms with Crippen LogP contribution in [0.25, 0.3) is 0 Å². The lowest BCUT2D eigenvalue weighted by Gasteiger charge is -2.26. The first-order valence-corrected chi connectivity index (χ1v) is 9.76. The van der Waals surface area contributed by atoms with E-state index < -0.39 is 28.7 Å². The minimum absolute atomic E-state index is 0.0377. The molecule has 0 saturated heterocycles. The van der Waals surface area contributed by atoms with Crippen molar-refractivity contribution in [1.82, 2.24) is 4.90 Å². The van der Waals surface area contributed by atoms with Gasteiger partial charge in [0.15, 0.2) is 0 Å². The van der Waals surface area contributed by atoms with E-state index in [1.54, 1.807) is 38.1 Å². The second-order valence-corrected chi connectivity index (χ2v) is 7.72. The molecule has 0 aliphatic carbocycles. The van der Waals surface area contributed by atoms with E-state index in [4.69, 9.17) is 5.14 Å². The fourth-order valence-electron chi connectivity index (χ4n) is 2.53. The van der Waals surface area contributed by atoms with Crippen LogP contribution in [0.5, 0.6) is 5.75 Å². The molecule has 1 unspecified atom stereocenters. The van der Waals surface area contributed by atoms with Gasteiger partial charge in [-0.2, -0.15) is 8.78 Å². The Morgan fingerprint density at radius 1 is 1.18 bits per heavy atom. The van der Waals surface area contributed by atoms with Crippen LogP contribution in [0.3, 0.4) is 0 Å². The fourth-order valence-corrected chi connectivity index (χ4v) is 3.04. The molecule has 152 valence electrons. The number of urea groups is 1. The number of ether oxygens (including phenoxy) is 1. The van der Waals surface area contributed by atoms with Crippen molar-refractivity contribution < 1.29 is 26.7 Å². The number of rotatable bonds is 6. The maximum Gasteiger partial charge on any atom is 0.387 e. The highest BCUT2D eigenvalue weighted by molar-refractivity contribution is 7.89. The quantitative estimate of drug-likeness (QED) is 0.757. The number of nitrogens with two attached hydrogens (primary N) is 1. The van der Waals surface area contributed by atoms with Gasteiger partial charge in [-0.15, -0.1) is 0 Å². The lowest BCUT2D eigenvalue weighted by molar-refractivity contribution is -0.0493. The Labute approximate surface area is 162 Å². The van der Waals surface area contributed by atoms with Crippen LogP contribution in [0.2, 0.25) is 0 Å². The fraction of sp³-hybridized carbons (Fsp3) is 0.278. The Kier molecular flexibility index (Phi) is 6.57. The predicted molar refractivity (Wildman–Crippen MR) is 101 cm³/mol. The summed E-state index contributed by atoms with van der Waals surface area (Å²) in [6, 6.07) is 9.36. The number of aryl methyl sites for hydroxylation is 1. The largest absolute Gasteiger partial charge is 0.433 e. The number of para-hydroxylation sites is 1. The molecule has 0 aromatic heterocycles. The molecular weight excluding hydrogens is 392 g/mol. The van der Waals surface area contributed by atoms with Gasteiger partial charge in [0, 0.05) is 7.05 Å². The molecule has 0 heterocycles. The van der Waals surface area contributed by atoms with E-state index >= 15 is 0 Å². The van der Waals surface area contributed by atoms with E-state index in [-0.39, 0.29) is 16.3 Å². The zero-order chi connectivity index (χ0) is 21.1. The third-order valence-corrected chi connectivity index (χ3v) is 5.20. The summed E-state index contributed by atoms with van der Waals surface area (Å²) in [6.07, 6.45) is 0. The average molecular weight is 413 g/mol. The number of sulfonamides is 1. The third-order valence-electron chi connectivity index (χ3n) is 4.27. The summed E-state index contributed by atoms with van der Waals surface area (Å²) >= 11 is 0. The molecule has 0 aliphatic heterocycles. The Balaban J connectivity index is 2.19. The van der Waals surface area contributed by atoms with Crippen LogP contribution in [0.15, 0.2) is 47.4 Å². The predicted octanol–water partition coefficient (Wildman–Crippen LogP) is 3.47. The Morgan fingerprint density at radius 3 is 2.32 bits per heavy atom. The zero-order valence-electron chi connectivity index (χ0n) is 15.5. The number of nitrogens with zero attached hydrogens (tertiary/aromatic N) is 1. The van der Waals surface area contributed by atoms with Crippen molar-refractivity contribution in [2.24, 2.45) is 5.14 Å². The molecule has 7 nitrogen and oxygen atoms in total. The lowest BCUT2D eigenvalue weighted by atomic mass is 10.1. The summed E-state index contributed by atoms with van der Waals surface area (Å²) in [6.45, 7) is 0.370. The van der Waals surface area contributed by atoms with E-state index in [1.165, 1.54) is 30.1 Å². The lowest BCUT2D eigenvalue weighted by Crippen LogP contribution is -2.34. The Bertz CT molecular complexity index is 950. The number of carbonyl (C=O) groups excluding carboxylic acids is 1. The van der Waals surface area contributed by atoms with Gasteiger partial charge in [-0.1, -0.05) is 24.3 Å². The molecule has 2 aromatic carbocycles. The number of benzene rings is 2. The summed E-state index contributed by atoms with van der Waals surface area (Å²) < 4.78 is 52.3. The van der Waals surface area contributed by atoms with Gasteiger partial charge in [-0.3, -0.25) is 0 Å². The van der Waals surface area contributed by atoms with Crippen molar-refractivity contribution in [2.45, 2.75) is 31.4 Å².